The minimum absolute atomic E-state index is 0.202. The number of piperidine rings is 1. The van der Waals surface area contributed by atoms with Crippen LogP contribution < -0.4 is 5.32 Å². The van der Waals surface area contributed by atoms with E-state index >= 15 is 0 Å². The Morgan fingerprint density at radius 3 is 3.15 bits per heavy atom. The number of hydrogen-bond acceptors (Lipinski definition) is 4. The highest BCUT2D eigenvalue weighted by atomic mass is 16.3. The van der Waals surface area contributed by atoms with Crippen molar-refractivity contribution in [1.29, 1.82) is 0 Å². The van der Waals surface area contributed by atoms with Gasteiger partial charge in [0.25, 0.3) is 0 Å². The zero-order valence-corrected chi connectivity index (χ0v) is 11.8. The van der Waals surface area contributed by atoms with Crippen molar-refractivity contribution in [3.05, 3.63) is 24.2 Å². The van der Waals surface area contributed by atoms with Crippen LogP contribution in [-0.4, -0.2) is 38.8 Å². The minimum atomic E-state index is 0.202. The quantitative estimate of drug-likeness (QED) is 0.867. The standard InChI is InChI=1S/C15H22N4O/c20-10-4-9-19-14(11-12-5-1-2-7-16-12)18-13-6-3-8-17-15(13)19/h3,6,8,12,16,20H,1-2,4-5,7,9-11H2. The Bertz CT molecular complexity index is 560. The van der Waals surface area contributed by atoms with Crippen molar-refractivity contribution in [3.8, 4) is 0 Å². The zero-order valence-electron chi connectivity index (χ0n) is 11.8. The fraction of sp³-hybridized carbons (Fsp3) is 0.600. The molecule has 0 saturated carbocycles. The van der Waals surface area contributed by atoms with Crippen molar-refractivity contribution in [2.45, 2.75) is 44.7 Å². The highest BCUT2D eigenvalue weighted by Crippen LogP contribution is 2.18. The van der Waals surface area contributed by atoms with Crippen LogP contribution in [0.5, 0.6) is 0 Å². The molecule has 5 nitrogen and oxygen atoms in total. The molecule has 0 spiro atoms. The second-order valence-corrected chi connectivity index (χ2v) is 5.45. The minimum Gasteiger partial charge on any atom is -0.396 e. The number of aromatic nitrogens is 3. The fourth-order valence-corrected chi connectivity index (χ4v) is 2.94. The Hall–Kier alpha value is -1.46. The molecular weight excluding hydrogens is 252 g/mol. The third-order valence-corrected chi connectivity index (χ3v) is 3.96. The van der Waals surface area contributed by atoms with Gasteiger partial charge in [0.1, 0.15) is 11.3 Å². The first-order valence-electron chi connectivity index (χ1n) is 7.53. The van der Waals surface area contributed by atoms with Crippen LogP contribution in [0.4, 0.5) is 0 Å². The summed E-state index contributed by atoms with van der Waals surface area (Å²) in [7, 11) is 0. The normalized spacial score (nSPS) is 19.6. The lowest BCUT2D eigenvalue weighted by Gasteiger charge is -2.23. The molecule has 2 aromatic heterocycles. The summed E-state index contributed by atoms with van der Waals surface area (Å²) < 4.78 is 2.17. The molecule has 0 amide bonds. The van der Waals surface area contributed by atoms with Crippen LogP contribution in [0.2, 0.25) is 0 Å². The van der Waals surface area contributed by atoms with Crippen molar-refractivity contribution in [2.75, 3.05) is 13.2 Å². The number of pyridine rings is 1. The molecule has 0 bridgehead atoms. The zero-order chi connectivity index (χ0) is 13.8. The number of imidazole rings is 1. The molecule has 2 aromatic rings. The molecule has 3 heterocycles. The smallest absolute Gasteiger partial charge is 0.159 e. The first kappa shape index (κ1) is 13.5. The van der Waals surface area contributed by atoms with E-state index in [2.05, 4.69) is 14.9 Å². The van der Waals surface area contributed by atoms with Gasteiger partial charge in [-0.3, -0.25) is 0 Å². The van der Waals surface area contributed by atoms with E-state index in [1.807, 2.05) is 18.3 Å². The van der Waals surface area contributed by atoms with Crippen molar-refractivity contribution in [3.63, 3.8) is 0 Å². The summed E-state index contributed by atoms with van der Waals surface area (Å²) in [5, 5.41) is 12.7. The number of aliphatic hydroxyl groups is 1. The van der Waals surface area contributed by atoms with Gasteiger partial charge in [-0.2, -0.15) is 0 Å². The summed E-state index contributed by atoms with van der Waals surface area (Å²) in [5.41, 5.74) is 1.89. The topological polar surface area (TPSA) is 63.0 Å². The Morgan fingerprint density at radius 1 is 1.40 bits per heavy atom. The molecule has 1 unspecified atom stereocenters. The lowest BCUT2D eigenvalue weighted by Crippen LogP contribution is -2.36. The van der Waals surface area contributed by atoms with Gasteiger partial charge in [-0.25, -0.2) is 9.97 Å². The maximum absolute atomic E-state index is 9.08. The van der Waals surface area contributed by atoms with Gasteiger partial charge in [-0.05, 0) is 37.9 Å². The van der Waals surface area contributed by atoms with E-state index in [1.165, 1.54) is 19.3 Å². The molecule has 0 radical (unpaired) electrons. The Labute approximate surface area is 119 Å². The van der Waals surface area contributed by atoms with Gasteiger partial charge in [0, 0.05) is 31.8 Å². The van der Waals surface area contributed by atoms with E-state index in [-0.39, 0.29) is 6.61 Å². The highest BCUT2D eigenvalue weighted by Gasteiger charge is 2.18. The van der Waals surface area contributed by atoms with Gasteiger partial charge < -0.3 is 15.0 Å². The number of hydrogen-bond donors (Lipinski definition) is 2. The van der Waals surface area contributed by atoms with Crippen LogP contribution in [0, 0.1) is 0 Å². The van der Waals surface area contributed by atoms with Crippen LogP contribution in [0.3, 0.4) is 0 Å². The lowest BCUT2D eigenvalue weighted by atomic mass is 10.0. The number of nitrogens with zero attached hydrogens (tertiary/aromatic N) is 3. The SMILES string of the molecule is OCCCn1c(CC2CCCCN2)nc2cccnc21. The average molecular weight is 274 g/mol. The van der Waals surface area contributed by atoms with Crippen LogP contribution in [0.15, 0.2) is 18.3 Å². The first-order valence-corrected chi connectivity index (χ1v) is 7.53. The van der Waals surface area contributed by atoms with Crippen LogP contribution in [-0.2, 0) is 13.0 Å². The van der Waals surface area contributed by atoms with Gasteiger partial charge in [-0.1, -0.05) is 6.42 Å². The van der Waals surface area contributed by atoms with E-state index < -0.39 is 0 Å². The van der Waals surface area contributed by atoms with Crippen LogP contribution >= 0.6 is 0 Å². The van der Waals surface area contributed by atoms with Crippen molar-refractivity contribution < 1.29 is 5.11 Å². The molecule has 1 saturated heterocycles. The Kier molecular flexibility index (Phi) is 4.28. The molecule has 1 aliphatic rings. The van der Waals surface area contributed by atoms with Crippen molar-refractivity contribution in [2.24, 2.45) is 0 Å². The van der Waals surface area contributed by atoms with Crippen LogP contribution in [0.1, 0.15) is 31.5 Å². The number of aryl methyl sites for hydroxylation is 1. The van der Waals surface area contributed by atoms with E-state index in [4.69, 9.17) is 10.1 Å². The number of nitrogens with one attached hydrogen (secondary N) is 1. The molecule has 1 fully saturated rings. The summed E-state index contributed by atoms with van der Waals surface area (Å²) in [4.78, 5) is 9.18. The molecular formula is C15H22N4O. The molecule has 1 atom stereocenters. The summed E-state index contributed by atoms with van der Waals surface area (Å²) in [6, 6.07) is 4.46. The summed E-state index contributed by atoms with van der Waals surface area (Å²) in [6.45, 7) is 2.10. The van der Waals surface area contributed by atoms with E-state index in [0.29, 0.717) is 6.04 Å². The van der Waals surface area contributed by atoms with E-state index in [9.17, 15) is 0 Å². The third-order valence-electron chi connectivity index (χ3n) is 3.96. The predicted octanol–water partition coefficient (Wildman–Crippen LogP) is 1.50. The molecule has 1 aliphatic heterocycles. The molecule has 0 aromatic carbocycles. The Balaban J connectivity index is 1.87. The fourth-order valence-electron chi connectivity index (χ4n) is 2.94. The van der Waals surface area contributed by atoms with Crippen molar-refractivity contribution >= 4 is 11.2 Å². The van der Waals surface area contributed by atoms with Crippen LogP contribution in [0.25, 0.3) is 11.2 Å². The maximum atomic E-state index is 9.08. The summed E-state index contributed by atoms with van der Waals surface area (Å²) >= 11 is 0. The third kappa shape index (κ3) is 2.83. The van der Waals surface area contributed by atoms with Gasteiger partial charge in [-0.15, -0.1) is 0 Å². The lowest BCUT2D eigenvalue weighted by molar-refractivity contribution is 0.279. The second kappa shape index (κ2) is 6.33. The molecule has 0 aliphatic carbocycles. The second-order valence-electron chi connectivity index (χ2n) is 5.45. The number of rotatable bonds is 5. The summed E-state index contributed by atoms with van der Waals surface area (Å²) in [5.74, 6) is 1.09. The largest absolute Gasteiger partial charge is 0.396 e. The van der Waals surface area contributed by atoms with Gasteiger partial charge in [0.2, 0.25) is 0 Å². The molecule has 108 valence electrons. The number of fused-ring (bicyclic) bond motifs is 1. The highest BCUT2D eigenvalue weighted by molar-refractivity contribution is 5.71. The molecule has 2 N–H and O–H groups in total. The monoisotopic (exact) mass is 274 g/mol. The van der Waals surface area contributed by atoms with E-state index in [0.717, 1.165) is 42.9 Å². The Morgan fingerprint density at radius 2 is 2.35 bits per heavy atom. The van der Waals surface area contributed by atoms with E-state index in [1.54, 1.807) is 0 Å². The predicted molar refractivity (Wildman–Crippen MR) is 78.6 cm³/mol. The van der Waals surface area contributed by atoms with Gasteiger partial charge >= 0.3 is 0 Å². The number of aliphatic hydroxyl groups excluding tert-OH is 1. The molecule has 3 rings (SSSR count). The van der Waals surface area contributed by atoms with Crippen molar-refractivity contribution in [1.82, 2.24) is 19.9 Å². The average Bonchev–Trinajstić information content (AvgIpc) is 2.83. The first-order chi connectivity index (χ1) is 9.88. The van der Waals surface area contributed by atoms with Gasteiger partial charge in [0.15, 0.2) is 5.65 Å². The molecule has 5 heteroatoms. The summed E-state index contributed by atoms with van der Waals surface area (Å²) in [6.07, 6.45) is 7.29. The maximum Gasteiger partial charge on any atom is 0.159 e. The molecule has 20 heavy (non-hydrogen) atoms. The van der Waals surface area contributed by atoms with Gasteiger partial charge in [0.05, 0.1) is 0 Å².